The second kappa shape index (κ2) is 7.74. The topological polar surface area (TPSA) is 57.5 Å². The highest BCUT2D eigenvalue weighted by molar-refractivity contribution is 6.01. The van der Waals surface area contributed by atoms with Gasteiger partial charge in [-0.3, -0.25) is 4.79 Å². The molecule has 0 aromatic rings. The van der Waals surface area contributed by atoms with Crippen molar-refractivity contribution in [3.8, 4) is 0 Å². The Morgan fingerprint density at radius 1 is 1.23 bits per heavy atom. The Bertz CT molecular complexity index is 773. The molecule has 0 aromatic carbocycles. The van der Waals surface area contributed by atoms with Crippen LogP contribution in [0.2, 0.25) is 0 Å². The lowest BCUT2D eigenvalue weighted by molar-refractivity contribution is -0.115. The zero-order chi connectivity index (χ0) is 21.7. The monoisotopic (exact) mass is 412 g/mol. The molecular formula is C27H40O3. The van der Waals surface area contributed by atoms with E-state index >= 15 is 0 Å². The zero-order valence-corrected chi connectivity index (χ0v) is 19.2. The number of allylic oxidation sites excluding steroid dienone is 5. The van der Waals surface area contributed by atoms with Crippen LogP contribution in [0.4, 0.5) is 0 Å². The zero-order valence-electron chi connectivity index (χ0n) is 19.2. The number of rotatable bonds is 5. The first-order valence-electron chi connectivity index (χ1n) is 12.1. The van der Waals surface area contributed by atoms with Gasteiger partial charge in [0.05, 0.1) is 5.60 Å². The van der Waals surface area contributed by atoms with Crippen LogP contribution in [-0.4, -0.2) is 28.2 Å². The van der Waals surface area contributed by atoms with Crippen molar-refractivity contribution in [2.75, 3.05) is 6.61 Å². The molecule has 0 radical (unpaired) electrons. The first kappa shape index (κ1) is 22.0. The molecule has 0 aromatic heterocycles. The molecule has 3 nitrogen and oxygen atoms in total. The minimum Gasteiger partial charge on any atom is -0.396 e. The molecule has 30 heavy (non-hydrogen) atoms. The highest BCUT2D eigenvalue weighted by atomic mass is 16.3. The molecule has 0 aliphatic heterocycles. The number of ketones is 1. The molecular weight excluding hydrogens is 372 g/mol. The summed E-state index contributed by atoms with van der Waals surface area (Å²) >= 11 is 0. The van der Waals surface area contributed by atoms with Gasteiger partial charge in [-0.05, 0) is 93.6 Å². The van der Waals surface area contributed by atoms with E-state index in [9.17, 15) is 15.0 Å². The van der Waals surface area contributed by atoms with Gasteiger partial charge < -0.3 is 10.2 Å². The highest BCUT2D eigenvalue weighted by Crippen LogP contribution is 2.67. The molecule has 0 amide bonds. The Hall–Kier alpha value is -1.19. The third-order valence-electron chi connectivity index (χ3n) is 9.34. The van der Waals surface area contributed by atoms with E-state index in [2.05, 4.69) is 32.9 Å². The summed E-state index contributed by atoms with van der Waals surface area (Å²) in [4.78, 5) is 12.0. The van der Waals surface area contributed by atoms with E-state index in [0.29, 0.717) is 23.7 Å². The van der Waals surface area contributed by atoms with E-state index in [1.807, 2.05) is 19.1 Å². The van der Waals surface area contributed by atoms with Crippen molar-refractivity contribution >= 4 is 5.78 Å². The van der Waals surface area contributed by atoms with Crippen LogP contribution in [0.3, 0.4) is 0 Å². The Labute approximate surface area is 182 Å². The van der Waals surface area contributed by atoms with E-state index < -0.39 is 5.60 Å². The fourth-order valence-corrected chi connectivity index (χ4v) is 7.88. The van der Waals surface area contributed by atoms with Gasteiger partial charge in [-0.1, -0.05) is 44.6 Å². The number of carbonyl (C=O) groups is 1. The van der Waals surface area contributed by atoms with E-state index in [4.69, 9.17) is 0 Å². The predicted molar refractivity (Wildman–Crippen MR) is 121 cm³/mol. The second-order valence-corrected chi connectivity index (χ2v) is 11.4. The molecule has 3 fully saturated rings. The third kappa shape index (κ3) is 3.37. The average Bonchev–Trinajstić information content (AvgIpc) is 3.09. The van der Waals surface area contributed by atoms with Crippen molar-refractivity contribution in [2.24, 2.45) is 40.4 Å². The Kier molecular flexibility index (Phi) is 5.68. The maximum absolute atomic E-state index is 12.0. The summed E-state index contributed by atoms with van der Waals surface area (Å²) in [7, 11) is 0. The number of hydrogen-bond donors (Lipinski definition) is 2. The van der Waals surface area contributed by atoms with Crippen molar-refractivity contribution in [3.05, 3.63) is 36.0 Å². The number of hydrogen-bond acceptors (Lipinski definition) is 3. The summed E-state index contributed by atoms with van der Waals surface area (Å²) in [6, 6.07) is 0. The molecule has 0 spiro atoms. The van der Waals surface area contributed by atoms with Crippen LogP contribution in [0.25, 0.3) is 0 Å². The molecule has 4 aliphatic rings. The number of fused-ring (bicyclic) bond motifs is 5. The normalized spacial score (nSPS) is 42.6. The first-order chi connectivity index (χ1) is 14.1. The SMILES string of the molecule is CC(C)C/C=C/[C@](C)(O)[C@H]1CCC2C3CCC4=CC(=O)C=C[C@]4(C)C3CC[C@@]21CO. The number of aliphatic hydroxyl groups excluding tert-OH is 1. The number of aliphatic hydroxyl groups is 2. The average molecular weight is 413 g/mol. The maximum atomic E-state index is 12.0. The molecule has 3 saturated carbocycles. The van der Waals surface area contributed by atoms with Crippen LogP contribution in [0.15, 0.2) is 36.0 Å². The second-order valence-electron chi connectivity index (χ2n) is 11.4. The van der Waals surface area contributed by atoms with Gasteiger partial charge in [0, 0.05) is 17.4 Å². The van der Waals surface area contributed by atoms with Crippen molar-refractivity contribution in [1.29, 1.82) is 0 Å². The highest BCUT2D eigenvalue weighted by Gasteiger charge is 2.62. The first-order valence-corrected chi connectivity index (χ1v) is 12.1. The lowest BCUT2D eigenvalue weighted by Gasteiger charge is -2.58. The maximum Gasteiger partial charge on any atom is 0.178 e. The molecule has 0 bridgehead atoms. The minimum atomic E-state index is -0.875. The molecule has 4 rings (SSSR count). The van der Waals surface area contributed by atoms with Crippen molar-refractivity contribution in [1.82, 2.24) is 0 Å². The van der Waals surface area contributed by atoms with Gasteiger partial charge >= 0.3 is 0 Å². The predicted octanol–water partition coefficient (Wildman–Crippen LogP) is 5.24. The van der Waals surface area contributed by atoms with E-state index in [0.717, 1.165) is 44.9 Å². The standard InChI is InChI=1S/C27H40O3/c1-18(2)6-5-13-26(4,30)24-10-9-23-21-8-7-19-16-20(29)11-14-25(19,3)22(21)12-15-27(23,24)17-28/h5,11,13-14,16,18,21-24,28,30H,6-10,12,15,17H2,1-4H3/b13-5+/t21?,22?,23?,24-,25+,26+,27-/m1/s1. The lowest BCUT2D eigenvalue weighted by atomic mass is 9.47. The van der Waals surface area contributed by atoms with Crippen LogP contribution in [0.5, 0.6) is 0 Å². The summed E-state index contributed by atoms with van der Waals surface area (Å²) in [5, 5.41) is 22.2. The fraction of sp³-hybridized carbons (Fsp3) is 0.741. The summed E-state index contributed by atoms with van der Waals surface area (Å²) in [5.41, 5.74) is 0.236. The van der Waals surface area contributed by atoms with Crippen LogP contribution in [-0.2, 0) is 4.79 Å². The van der Waals surface area contributed by atoms with Gasteiger partial charge in [-0.2, -0.15) is 0 Å². The lowest BCUT2D eigenvalue weighted by Crippen LogP contribution is -2.54. The van der Waals surface area contributed by atoms with Crippen molar-refractivity contribution < 1.29 is 15.0 Å². The third-order valence-corrected chi connectivity index (χ3v) is 9.34. The summed E-state index contributed by atoms with van der Waals surface area (Å²) in [6.07, 6.45) is 17.2. The smallest absolute Gasteiger partial charge is 0.178 e. The molecule has 3 heteroatoms. The minimum absolute atomic E-state index is 0.0176. The largest absolute Gasteiger partial charge is 0.396 e. The molecule has 0 saturated heterocycles. The van der Waals surface area contributed by atoms with Gasteiger partial charge in [-0.15, -0.1) is 0 Å². The van der Waals surface area contributed by atoms with Gasteiger partial charge in [-0.25, -0.2) is 0 Å². The summed E-state index contributed by atoms with van der Waals surface area (Å²) in [5.74, 6) is 2.37. The molecule has 3 unspecified atom stereocenters. The van der Waals surface area contributed by atoms with E-state index in [1.165, 1.54) is 5.57 Å². The van der Waals surface area contributed by atoms with Gasteiger partial charge in [0.25, 0.3) is 0 Å². The van der Waals surface area contributed by atoms with E-state index in [-0.39, 0.29) is 29.1 Å². The van der Waals surface area contributed by atoms with Gasteiger partial charge in [0.1, 0.15) is 0 Å². The molecule has 2 N–H and O–H groups in total. The summed E-state index contributed by atoms with van der Waals surface area (Å²) < 4.78 is 0. The fourth-order valence-electron chi connectivity index (χ4n) is 7.88. The van der Waals surface area contributed by atoms with Crippen LogP contribution < -0.4 is 0 Å². The molecule has 7 atom stereocenters. The Balaban J connectivity index is 1.61. The number of carbonyl (C=O) groups excluding carboxylic acids is 1. The van der Waals surface area contributed by atoms with Crippen molar-refractivity contribution in [3.63, 3.8) is 0 Å². The van der Waals surface area contributed by atoms with Crippen LogP contribution >= 0.6 is 0 Å². The van der Waals surface area contributed by atoms with Gasteiger partial charge in [0.2, 0.25) is 0 Å². The molecule has 4 aliphatic carbocycles. The Morgan fingerprint density at radius 3 is 2.70 bits per heavy atom. The molecule has 0 heterocycles. The van der Waals surface area contributed by atoms with E-state index in [1.54, 1.807) is 6.08 Å². The summed E-state index contributed by atoms with van der Waals surface area (Å²) in [6.45, 7) is 8.84. The van der Waals surface area contributed by atoms with Gasteiger partial charge in [0.15, 0.2) is 5.78 Å². The Morgan fingerprint density at radius 2 is 2.00 bits per heavy atom. The van der Waals surface area contributed by atoms with Crippen LogP contribution in [0.1, 0.15) is 72.6 Å². The van der Waals surface area contributed by atoms with Crippen LogP contribution in [0, 0.1) is 40.4 Å². The quantitative estimate of drug-likeness (QED) is 0.608. The molecule has 166 valence electrons. The van der Waals surface area contributed by atoms with Crippen molar-refractivity contribution in [2.45, 2.75) is 78.2 Å².